The molecule has 3 nitrogen and oxygen atoms in total. The molecule has 2 rings (SSSR count). The minimum Gasteiger partial charge on any atom is -0.390 e. The molecular formula is C12H17ClN2O. The molecule has 0 spiro atoms. The first kappa shape index (κ1) is 11.8. The predicted octanol–water partition coefficient (Wildman–Crippen LogP) is 2.08. The molecule has 0 atom stereocenters. The lowest BCUT2D eigenvalue weighted by Gasteiger charge is -2.35. The van der Waals surface area contributed by atoms with Crippen LogP contribution in [-0.4, -0.2) is 33.7 Å². The van der Waals surface area contributed by atoms with Gasteiger partial charge in [0.15, 0.2) is 0 Å². The summed E-state index contributed by atoms with van der Waals surface area (Å²) in [7, 11) is 0. The van der Waals surface area contributed by atoms with Gasteiger partial charge in [-0.15, -0.1) is 0 Å². The van der Waals surface area contributed by atoms with Crippen LogP contribution < -0.4 is 0 Å². The molecule has 0 aromatic carbocycles. The predicted molar refractivity (Wildman–Crippen MR) is 64.4 cm³/mol. The fourth-order valence-electron chi connectivity index (χ4n) is 1.99. The molecule has 0 aliphatic carbocycles. The average Bonchev–Trinajstić information content (AvgIpc) is 2.21. The fourth-order valence-corrected chi connectivity index (χ4v) is 2.19. The first-order valence-electron chi connectivity index (χ1n) is 5.60. The van der Waals surface area contributed by atoms with Crippen molar-refractivity contribution in [3.05, 3.63) is 29.0 Å². The molecule has 1 fully saturated rings. The Morgan fingerprint density at radius 1 is 1.50 bits per heavy atom. The number of pyridine rings is 1. The molecule has 0 saturated carbocycles. The lowest BCUT2D eigenvalue weighted by atomic mass is 9.94. The zero-order valence-electron chi connectivity index (χ0n) is 9.49. The number of piperidine rings is 1. The summed E-state index contributed by atoms with van der Waals surface area (Å²) in [6, 6.07) is 3.88. The van der Waals surface area contributed by atoms with Gasteiger partial charge in [0.2, 0.25) is 0 Å². The SMILES string of the molecule is CC1(O)CCN(Cc2ccnc(Cl)c2)CC1. The van der Waals surface area contributed by atoms with E-state index in [1.54, 1.807) is 6.20 Å². The Morgan fingerprint density at radius 2 is 2.19 bits per heavy atom. The third-order valence-electron chi connectivity index (χ3n) is 3.13. The number of hydrogen-bond donors (Lipinski definition) is 1. The second-order valence-electron chi connectivity index (χ2n) is 4.76. The Labute approximate surface area is 101 Å². The summed E-state index contributed by atoms with van der Waals surface area (Å²) >= 11 is 5.84. The molecule has 1 aliphatic rings. The molecule has 1 aliphatic heterocycles. The van der Waals surface area contributed by atoms with Crippen molar-refractivity contribution < 1.29 is 5.11 Å². The van der Waals surface area contributed by atoms with Crippen molar-refractivity contribution >= 4 is 11.6 Å². The standard InChI is InChI=1S/C12H17ClN2O/c1-12(16)3-6-15(7-4-12)9-10-2-5-14-11(13)8-10/h2,5,8,16H,3-4,6-7,9H2,1H3. The molecule has 0 radical (unpaired) electrons. The molecule has 1 aromatic heterocycles. The van der Waals surface area contributed by atoms with Gasteiger partial charge in [-0.25, -0.2) is 4.98 Å². The van der Waals surface area contributed by atoms with Gasteiger partial charge >= 0.3 is 0 Å². The van der Waals surface area contributed by atoms with Crippen LogP contribution in [0.15, 0.2) is 18.3 Å². The Kier molecular flexibility index (Phi) is 3.47. The Bertz CT molecular complexity index is 358. The molecular weight excluding hydrogens is 224 g/mol. The molecule has 1 saturated heterocycles. The smallest absolute Gasteiger partial charge is 0.129 e. The van der Waals surface area contributed by atoms with Gasteiger partial charge in [0.1, 0.15) is 5.15 Å². The van der Waals surface area contributed by atoms with Gasteiger partial charge in [0, 0.05) is 25.8 Å². The highest BCUT2D eigenvalue weighted by molar-refractivity contribution is 6.29. The van der Waals surface area contributed by atoms with Gasteiger partial charge in [-0.2, -0.15) is 0 Å². The number of likely N-dealkylation sites (tertiary alicyclic amines) is 1. The third-order valence-corrected chi connectivity index (χ3v) is 3.34. The molecule has 0 bridgehead atoms. The monoisotopic (exact) mass is 240 g/mol. The first-order valence-corrected chi connectivity index (χ1v) is 5.98. The number of hydrogen-bond acceptors (Lipinski definition) is 3. The van der Waals surface area contributed by atoms with E-state index in [-0.39, 0.29) is 0 Å². The maximum atomic E-state index is 9.84. The summed E-state index contributed by atoms with van der Waals surface area (Å²) in [5.41, 5.74) is 0.702. The van der Waals surface area contributed by atoms with E-state index < -0.39 is 5.60 Å². The molecule has 16 heavy (non-hydrogen) atoms. The quantitative estimate of drug-likeness (QED) is 0.805. The third kappa shape index (κ3) is 3.17. The van der Waals surface area contributed by atoms with Crippen molar-refractivity contribution in [3.63, 3.8) is 0 Å². The summed E-state index contributed by atoms with van der Waals surface area (Å²) < 4.78 is 0. The highest BCUT2D eigenvalue weighted by Gasteiger charge is 2.26. The number of nitrogens with zero attached hydrogens (tertiary/aromatic N) is 2. The van der Waals surface area contributed by atoms with Gasteiger partial charge in [0.25, 0.3) is 0 Å². The van der Waals surface area contributed by atoms with Crippen LogP contribution >= 0.6 is 11.6 Å². The highest BCUT2D eigenvalue weighted by Crippen LogP contribution is 2.22. The van der Waals surface area contributed by atoms with Crippen molar-refractivity contribution in [3.8, 4) is 0 Å². The Balaban J connectivity index is 1.92. The van der Waals surface area contributed by atoms with Gasteiger partial charge in [-0.3, -0.25) is 4.90 Å². The van der Waals surface area contributed by atoms with E-state index in [9.17, 15) is 5.11 Å². The Morgan fingerprint density at radius 3 is 2.81 bits per heavy atom. The van der Waals surface area contributed by atoms with Crippen LogP contribution in [0, 0.1) is 0 Å². The van der Waals surface area contributed by atoms with E-state index in [0.717, 1.165) is 32.5 Å². The van der Waals surface area contributed by atoms with Crippen molar-refractivity contribution in [2.24, 2.45) is 0 Å². The van der Waals surface area contributed by atoms with Crippen LogP contribution in [0.3, 0.4) is 0 Å². The van der Waals surface area contributed by atoms with Crippen LogP contribution in [0.25, 0.3) is 0 Å². The van der Waals surface area contributed by atoms with E-state index in [4.69, 9.17) is 11.6 Å². The van der Waals surface area contributed by atoms with Crippen molar-refractivity contribution in [1.29, 1.82) is 0 Å². The zero-order chi connectivity index (χ0) is 11.6. The molecule has 4 heteroatoms. The molecule has 0 amide bonds. The van der Waals surface area contributed by atoms with E-state index in [2.05, 4.69) is 9.88 Å². The maximum absolute atomic E-state index is 9.84. The van der Waals surface area contributed by atoms with Gasteiger partial charge in [-0.1, -0.05) is 11.6 Å². The summed E-state index contributed by atoms with van der Waals surface area (Å²) in [4.78, 5) is 6.30. The van der Waals surface area contributed by atoms with Crippen LogP contribution in [0.1, 0.15) is 25.3 Å². The summed E-state index contributed by atoms with van der Waals surface area (Å²) in [5, 5.41) is 10.4. The first-order chi connectivity index (χ1) is 7.55. The largest absolute Gasteiger partial charge is 0.390 e. The fraction of sp³-hybridized carbons (Fsp3) is 0.583. The Hall–Kier alpha value is -0.640. The lowest BCUT2D eigenvalue weighted by Crippen LogP contribution is -2.41. The van der Waals surface area contributed by atoms with E-state index >= 15 is 0 Å². The van der Waals surface area contributed by atoms with Crippen molar-refractivity contribution in [2.75, 3.05) is 13.1 Å². The molecule has 88 valence electrons. The summed E-state index contributed by atoms with van der Waals surface area (Å²) in [6.45, 7) is 4.67. The van der Waals surface area contributed by atoms with Crippen LogP contribution in [0.5, 0.6) is 0 Å². The minimum absolute atomic E-state index is 0.480. The van der Waals surface area contributed by atoms with Crippen LogP contribution in [0.4, 0.5) is 0 Å². The molecule has 1 N–H and O–H groups in total. The molecule has 2 heterocycles. The second kappa shape index (κ2) is 4.70. The topological polar surface area (TPSA) is 36.4 Å². The normalized spacial score (nSPS) is 20.9. The zero-order valence-corrected chi connectivity index (χ0v) is 10.2. The van der Waals surface area contributed by atoms with E-state index in [1.807, 2.05) is 19.1 Å². The summed E-state index contributed by atoms with van der Waals surface area (Å²) in [6.07, 6.45) is 3.41. The van der Waals surface area contributed by atoms with Crippen molar-refractivity contribution in [2.45, 2.75) is 31.9 Å². The van der Waals surface area contributed by atoms with Crippen molar-refractivity contribution in [1.82, 2.24) is 9.88 Å². The minimum atomic E-state index is -0.480. The van der Waals surface area contributed by atoms with Gasteiger partial charge in [0.05, 0.1) is 5.60 Å². The highest BCUT2D eigenvalue weighted by atomic mass is 35.5. The number of rotatable bonds is 2. The van der Waals surface area contributed by atoms with E-state index in [0.29, 0.717) is 5.15 Å². The number of aliphatic hydroxyl groups is 1. The second-order valence-corrected chi connectivity index (χ2v) is 5.15. The molecule has 0 unspecified atom stereocenters. The summed E-state index contributed by atoms with van der Waals surface area (Å²) in [5.74, 6) is 0. The number of halogens is 1. The lowest BCUT2D eigenvalue weighted by molar-refractivity contribution is -0.00730. The van der Waals surface area contributed by atoms with Crippen LogP contribution in [0.2, 0.25) is 5.15 Å². The van der Waals surface area contributed by atoms with Gasteiger partial charge < -0.3 is 5.11 Å². The van der Waals surface area contributed by atoms with E-state index in [1.165, 1.54) is 5.56 Å². The van der Waals surface area contributed by atoms with Gasteiger partial charge in [-0.05, 0) is 37.5 Å². The number of aromatic nitrogens is 1. The molecule has 1 aromatic rings. The van der Waals surface area contributed by atoms with Crippen LogP contribution in [-0.2, 0) is 6.54 Å². The maximum Gasteiger partial charge on any atom is 0.129 e. The average molecular weight is 241 g/mol.